The summed E-state index contributed by atoms with van der Waals surface area (Å²) in [5.41, 5.74) is 3.72. The number of Topliss-reactive ketones (excluding diaryl/α,β-unsaturated/α-hetero) is 2. The molecule has 3 aromatic rings. The lowest BCUT2D eigenvalue weighted by atomic mass is 10.0. The summed E-state index contributed by atoms with van der Waals surface area (Å²) in [6.45, 7) is 15.1. The molecular weight excluding hydrogens is 446 g/mol. The third-order valence-electron chi connectivity index (χ3n) is 7.70. The third-order valence-corrected chi connectivity index (χ3v) is 7.70. The van der Waals surface area contributed by atoms with Gasteiger partial charge in [0.2, 0.25) is 0 Å². The summed E-state index contributed by atoms with van der Waals surface area (Å²) in [6, 6.07) is 12.1. The number of aromatic nitrogens is 1. The Labute approximate surface area is 217 Å². The molecule has 36 heavy (non-hydrogen) atoms. The highest BCUT2D eigenvalue weighted by molar-refractivity contribution is 6.13. The normalized spacial score (nSPS) is 11.9. The van der Waals surface area contributed by atoms with Crippen LogP contribution in [0.15, 0.2) is 36.4 Å². The molecule has 0 aliphatic heterocycles. The van der Waals surface area contributed by atoms with Crippen LogP contribution in [-0.2, 0) is 7.05 Å². The Kier molecular flexibility index (Phi) is 10.7. The van der Waals surface area contributed by atoms with Crippen molar-refractivity contribution in [2.24, 2.45) is 7.05 Å². The van der Waals surface area contributed by atoms with Gasteiger partial charge in [-0.3, -0.25) is 9.59 Å². The molecule has 0 aliphatic carbocycles. The van der Waals surface area contributed by atoms with E-state index in [0.29, 0.717) is 12.8 Å². The minimum absolute atomic E-state index is 0.203. The van der Waals surface area contributed by atoms with Gasteiger partial charge in [0, 0.05) is 52.8 Å². The molecule has 1 heterocycles. The van der Waals surface area contributed by atoms with Gasteiger partial charge >= 0.3 is 0 Å². The number of nitrogens with zero attached hydrogens (tertiary/aromatic N) is 3. The number of aryl methyl sites for hydroxylation is 1. The lowest BCUT2D eigenvalue weighted by molar-refractivity contribution is 0.0970. The van der Waals surface area contributed by atoms with Gasteiger partial charge in [-0.1, -0.05) is 27.7 Å². The zero-order chi connectivity index (χ0) is 26.1. The monoisotopic (exact) mass is 491 g/mol. The Morgan fingerprint density at radius 3 is 1.39 bits per heavy atom. The molecule has 2 aromatic carbocycles. The molecule has 196 valence electrons. The number of hydrogen-bond acceptors (Lipinski definition) is 4. The van der Waals surface area contributed by atoms with Crippen LogP contribution in [0.1, 0.15) is 86.9 Å². The predicted molar refractivity (Wildman–Crippen MR) is 152 cm³/mol. The van der Waals surface area contributed by atoms with Crippen LogP contribution in [0.25, 0.3) is 21.8 Å². The number of rotatable bonds is 16. The SMILES string of the molecule is CCN(CC)CCCCC(=O)c1ccc2c(c1)c1cc(C(=O)CCCCN(CC)CC)ccc1n2C. The first-order valence-corrected chi connectivity index (χ1v) is 14.0. The molecule has 0 spiro atoms. The maximum atomic E-state index is 13.0. The molecule has 0 aliphatic rings. The molecule has 0 amide bonds. The number of carbonyl (C=O) groups is 2. The van der Waals surface area contributed by atoms with Crippen molar-refractivity contribution in [2.45, 2.75) is 66.2 Å². The van der Waals surface area contributed by atoms with Gasteiger partial charge in [0.1, 0.15) is 0 Å². The fourth-order valence-electron chi connectivity index (χ4n) is 5.18. The first kappa shape index (κ1) is 28.1. The predicted octanol–water partition coefficient (Wildman–Crippen LogP) is 6.72. The molecule has 0 fully saturated rings. The molecule has 0 unspecified atom stereocenters. The van der Waals surface area contributed by atoms with Gasteiger partial charge < -0.3 is 14.4 Å². The van der Waals surface area contributed by atoms with E-state index >= 15 is 0 Å². The van der Waals surface area contributed by atoms with E-state index in [1.54, 1.807) is 0 Å². The Balaban J connectivity index is 1.71. The summed E-state index contributed by atoms with van der Waals surface area (Å²) >= 11 is 0. The number of unbranched alkanes of at least 4 members (excludes halogenated alkanes) is 2. The number of benzene rings is 2. The second kappa shape index (κ2) is 13.7. The maximum absolute atomic E-state index is 13.0. The Hall–Kier alpha value is -2.50. The van der Waals surface area contributed by atoms with E-state index in [0.717, 1.165) is 97.9 Å². The van der Waals surface area contributed by atoms with E-state index in [1.165, 1.54) is 0 Å². The lowest BCUT2D eigenvalue weighted by Gasteiger charge is -2.17. The van der Waals surface area contributed by atoms with Crippen LogP contribution in [0.4, 0.5) is 0 Å². The van der Waals surface area contributed by atoms with Crippen LogP contribution in [-0.4, -0.2) is 65.2 Å². The Bertz CT molecular complexity index is 1070. The first-order chi connectivity index (χ1) is 17.4. The summed E-state index contributed by atoms with van der Waals surface area (Å²) < 4.78 is 2.15. The lowest BCUT2D eigenvalue weighted by Crippen LogP contribution is -2.24. The smallest absolute Gasteiger partial charge is 0.162 e. The maximum Gasteiger partial charge on any atom is 0.162 e. The molecule has 0 bridgehead atoms. The largest absolute Gasteiger partial charge is 0.344 e. The molecule has 0 radical (unpaired) electrons. The highest BCUT2D eigenvalue weighted by Gasteiger charge is 2.15. The number of carbonyl (C=O) groups excluding carboxylic acids is 2. The topological polar surface area (TPSA) is 45.6 Å². The third kappa shape index (κ3) is 6.83. The van der Waals surface area contributed by atoms with E-state index < -0.39 is 0 Å². The highest BCUT2D eigenvalue weighted by atomic mass is 16.1. The van der Waals surface area contributed by atoms with Gasteiger partial charge in [-0.25, -0.2) is 0 Å². The van der Waals surface area contributed by atoms with Gasteiger partial charge in [-0.15, -0.1) is 0 Å². The van der Waals surface area contributed by atoms with Crippen LogP contribution < -0.4 is 0 Å². The zero-order valence-electron chi connectivity index (χ0n) is 23.1. The minimum Gasteiger partial charge on any atom is -0.344 e. The van der Waals surface area contributed by atoms with Crippen LogP contribution in [0, 0.1) is 0 Å². The summed E-state index contributed by atoms with van der Waals surface area (Å²) in [7, 11) is 2.05. The average molecular weight is 492 g/mol. The number of ketones is 2. The fourth-order valence-corrected chi connectivity index (χ4v) is 5.18. The van der Waals surface area contributed by atoms with Crippen molar-refractivity contribution >= 4 is 33.4 Å². The van der Waals surface area contributed by atoms with Crippen LogP contribution >= 0.6 is 0 Å². The standard InChI is InChI=1S/C31H45N3O2/c1-6-33(7-2)20-12-10-14-30(35)24-16-18-28-26(22-24)27-23-25(17-19-29(27)32(28)5)31(36)15-11-13-21-34(8-3)9-4/h16-19,22-23H,6-15,20-21H2,1-5H3. The van der Waals surface area contributed by atoms with Crippen molar-refractivity contribution in [1.29, 1.82) is 0 Å². The van der Waals surface area contributed by atoms with Crippen molar-refractivity contribution in [1.82, 2.24) is 14.4 Å². The van der Waals surface area contributed by atoms with Crippen molar-refractivity contribution in [2.75, 3.05) is 39.3 Å². The quantitative estimate of drug-likeness (QED) is 0.165. The molecule has 0 saturated heterocycles. The second-order valence-electron chi connectivity index (χ2n) is 9.84. The van der Waals surface area contributed by atoms with Crippen molar-refractivity contribution in [3.05, 3.63) is 47.5 Å². The van der Waals surface area contributed by atoms with Gasteiger partial charge in [0.25, 0.3) is 0 Å². The van der Waals surface area contributed by atoms with E-state index in [1.807, 2.05) is 43.4 Å². The minimum atomic E-state index is 0.203. The summed E-state index contributed by atoms with van der Waals surface area (Å²) in [6.07, 6.45) is 5.07. The van der Waals surface area contributed by atoms with Crippen molar-refractivity contribution < 1.29 is 9.59 Å². The summed E-state index contributed by atoms with van der Waals surface area (Å²) in [5, 5.41) is 2.11. The van der Waals surface area contributed by atoms with E-state index in [2.05, 4.69) is 42.1 Å². The summed E-state index contributed by atoms with van der Waals surface area (Å²) in [4.78, 5) is 30.7. The van der Waals surface area contributed by atoms with Gasteiger partial charge in [-0.2, -0.15) is 0 Å². The van der Waals surface area contributed by atoms with Gasteiger partial charge in [0.15, 0.2) is 11.6 Å². The molecule has 0 saturated carbocycles. The van der Waals surface area contributed by atoms with Crippen LogP contribution in [0.2, 0.25) is 0 Å². The zero-order valence-corrected chi connectivity index (χ0v) is 23.1. The van der Waals surface area contributed by atoms with E-state index in [9.17, 15) is 9.59 Å². The molecule has 3 rings (SSSR count). The number of hydrogen-bond donors (Lipinski definition) is 0. The highest BCUT2D eigenvalue weighted by Crippen LogP contribution is 2.30. The van der Waals surface area contributed by atoms with Gasteiger partial charge in [0.05, 0.1) is 0 Å². The van der Waals surface area contributed by atoms with Crippen molar-refractivity contribution in [3.8, 4) is 0 Å². The Morgan fingerprint density at radius 1 is 0.639 bits per heavy atom. The van der Waals surface area contributed by atoms with Crippen LogP contribution in [0.3, 0.4) is 0 Å². The van der Waals surface area contributed by atoms with Gasteiger partial charge in [-0.05, 0) is 101 Å². The molecule has 0 N–H and O–H groups in total. The van der Waals surface area contributed by atoms with E-state index in [4.69, 9.17) is 0 Å². The van der Waals surface area contributed by atoms with E-state index in [-0.39, 0.29) is 11.6 Å². The first-order valence-electron chi connectivity index (χ1n) is 14.0. The fraction of sp³-hybridized carbons (Fsp3) is 0.548. The second-order valence-corrected chi connectivity index (χ2v) is 9.84. The summed E-state index contributed by atoms with van der Waals surface area (Å²) in [5.74, 6) is 0.405. The number of fused-ring (bicyclic) bond motifs is 3. The van der Waals surface area contributed by atoms with Crippen LogP contribution in [0.5, 0.6) is 0 Å². The molecule has 1 aromatic heterocycles. The molecule has 0 atom stereocenters. The average Bonchev–Trinajstić information content (AvgIpc) is 3.19. The molecule has 5 heteroatoms. The molecular formula is C31H45N3O2. The Morgan fingerprint density at radius 2 is 1.03 bits per heavy atom. The van der Waals surface area contributed by atoms with Crippen molar-refractivity contribution in [3.63, 3.8) is 0 Å². The molecule has 5 nitrogen and oxygen atoms in total.